The van der Waals surface area contributed by atoms with Crippen LogP contribution in [0.1, 0.15) is 18.7 Å². The number of aromatic nitrogens is 2. The lowest BCUT2D eigenvalue weighted by molar-refractivity contribution is -0.125. The Labute approximate surface area is 124 Å². The predicted octanol–water partition coefficient (Wildman–Crippen LogP) is 1.89. The van der Waals surface area contributed by atoms with Gasteiger partial charge >= 0.3 is 0 Å². The maximum Gasteiger partial charge on any atom is 0.246 e. The molecule has 0 spiro atoms. The molecule has 1 heterocycles. The molecule has 21 heavy (non-hydrogen) atoms. The zero-order valence-electron chi connectivity index (χ0n) is 12.3. The molecule has 5 heteroatoms. The fourth-order valence-corrected chi connectivity index (χ4v) is 2.44. The molecule has 112 valence electrons. The largest absolute Gasteiger partial charge is 0.371 e. The van der Waals surface area contributed by atoms with E-state index < -0.39 is 0 Å². The molecular weight excluding hydrogens is 266 g/mol. The van der Waals surface area contributed by atoms with Gasteiger partial charge in [0.2, 0.25) is 5.91 Å². The molecule has 1 aromatic carbocycles. The van der Waals surface area contributed by atoms with Gasteiger partial charge in [-0.25, -0.2) is 4.98 Å². The standard InChI is InChI=1S/C16H21N3O2/c1-12-18-14-4-2-3-5-15(14)19(12)9-8-17-16(20)11-21-10-13-6-7-13/h2-5,13H,6-11H2,1H3,(H,17,20). The van der Waals surface area contributed by atoms with E-state index in [9.17, 15) is 4.79 Å². The molecule has 2 aromatic rings. The highest BCUT2D eigenvalue weighted by Crippen LogP contribution is 2.28. The van der Waals surface area contributed by atoms with Crippen molar-refractivity contribution in [1.82, 2.24) is 14.9 Å². The Morgan fingerprint density at radius 1 is 1.43 bits per heavy atom. The van der Waals surface area contributed by atoms with Crippen molar-refractivity contribution in [1.29, 1.82) is 0 Å². The van der Waals surface area contributed by atoms with E-state index in [1.807, 2.05) is 25.1 Å². The van der Waals surface area contributed by atoms with Crippen LogP contribution >= 0.6 is 0 Å². The van der Waals surface area contributed by atoms with Gasteiger partial charge in [0.25, 0.3) is 0 Å². The van der Waals surface area contributed by atoms with Crippen LogP contribution in [0.15, 0.2) is 24.3 Å². The monoisotopic (exact) mass is 287 g/mol. The number of carbonyl (C=O) groups is 1. The summed E-state index contributed by atoms with van der Waals surface area (Å²) >= 11 is 0. The Hall–Kier alpha value is -1.88. The van der Waals surface area contributed by atoms with Gasteiger partial charge in [0.05, 0.1) is 17.6 Å². The molecule has 0 unspecified atom stereocenters. The summed E-state index contributed by atoms with van der Waals surface area (Å²) in [5.74, 6) is 1.62. The lowest BCUT2D eigenvalue weighted by atomic mass is 10.3. The van der Waals surface area contributed by atoms with Crippen LogP contribution in [0.2, 0.25) is 0 Å². The Bertz CT molecular complexity index is 631. The van der Waals surface area contributed by atoms with Crippen LogP contribution < -0.4 is 5.32 Å². The second kappa shape index (κ2) is 6.26. The van der Waals surface area contributed by atoms with Crippen molar-refractivity contribution >= 4 is 16.9 Å². The number of hydrogen-bond donors (Lipinski definition) is 1. The van der Waals surface area contributed by atoms with E-state index in [0.29, 0.717) is 12.5 Å². The minimum absolute atomic E-state index is 0.0438. The number of amides is 1. The first-order valence-electron chi connectivity index (χ1n) is 7.50. The normalized spacial score (nSPS) is 14.5. The number of fused-ring (bicyclic) bond motifs is 1. The van der Waals surface area contributed by atoms with Crippen molar-refractivity contribution in [2.24, 2.45) is 5.92 Å². The number of carbonyl (C=O) groups excluding carboxylic acids is 1. The lowest BCUT2D eigenvalue weighted by Gasteiger charge is -2.09. The molecule has 3 rings (SSSR count). The van der Waals surface area contributed by atoms with Crippen LogP contribution in [0.25, 0.3) is 11.0 Å². The Morgan fingerprint density at radius 3 is 3.05 bits per heavy atom. The van der Waals surface area contributed by atoms with Crippen LogP contribution in [-0.2, 0) is 16.1 Å². The van der Waals surface area contributed by atoms with Gasteiger partial charge in [-0.3, -0.25) is 4.79 Å². The Kier molecular flexibility index (Phi) is 4.20. The molecule has 0 saturated heterocycles. The number of imidazole rings is 1. The third-order valence-electron chi connectivity index (χ3n) is 3.79. The number of para-hydroxylation sites is 2. The van der Waals surface area contributed by atoms with Gasteiger partial charge < -0.3 is 14.6 Å². The molecule has 5 nitrogen and oxygen atoms in total. The SMILES string of the molecule is Cc1nc2ccccc2n1CCNC(=O)COCC1CC1. The first-order valence-corrected chi connectivity index (χ1v) is 7.50. The summed E-state index contributed by atoms with van der Waals surface area (Å²) in [4.78, 5) is 16.2. The number of hydrogen-bond acceptors (Lipinski definition) is 3. The summed E-state index contributed by atoms with van der Waals surface area (Å²) in [6, 6.07) is 8.04. The lowest BCUT2D eigenvalue weighted by Crippen LogP contribution is -2.31. The van der Waals surface area contributed by atoms with Crippen LogP contribution in [0.5, 0.6) is 0 Å². The van der Waals surface area contributed by atoms with E-state index in [4.69, 9.17) is 4.74 Å². The highest BCUT2D eigenvalue weighted by molar-refractivity contribution is 5.77. The van der Waals surface area contributed by atoms with Gasteiger partial charge in [0.15, 0.2) is 0 Å². The van der Waals surface area contributed by atoms with Gasteiger partial charge in [0.1, 0.15) is 12.4 Å². The number of nitrogens with zero attached hydrogens (tertiary/aromatic N) is 2. The Balaban J connectivity index is 1.47. The van der Waals surface area contributed by atoms with Crippen molar-refractivity contribution in [3.63, 3.8) is 0 Å². The van der Waals surface area contributed by atoms with Crippen molar-refractivity contribution < 1.29 is 9.53 Å². The summed E-state index contributed by atoms with van der Waals surface area (Å²) in [7, 11) is 0. The summed E-state index contributed by atoms with van der Waals surface area (Å²) < 4.78 is 7.50. The van der Waals surface area contributed by atoms with Crippen molar-refractivity contribution in [3.05, 3.63) is 30.1 Å². The molecule has 0 bridgehead atoms. The smallest absolute Gasteiger partial charge is 0.246 e. The number of benzene rings is 1. The summed E-state index contributed by atoms with van der Waals surface area (Å²) in [5, 5.41) is 2.89. The predicted molar refractivity (Wildman–Crippen MR) is 81.0 cm³/mol. The van der Waals surface area contributed by atoms with Crippen LogP contribution in [-0.4, -0.2) is 35.2 Å². The van der Waals surface area contributed by atoms with E-state index >= 15 is 0 Å². The first kappa shape index (κ1) is 14.1. The van der Waals surface area contributed by atoms with E-state index in [0.717, 1.165) is 30.0 Å². The maximum absolute atomic E-state index is 11.7. The fraction of sp³-hybridized carbons (Fsp3) is 0.500. The maximum atomic E-state index is 11.7. The average Bonchev–Trinajstić information content (AvgIpc) is 3.23. The summed E-state index contributed by atoms with van der Waals surface area (Å²) in [6.45, 7) is 4.19. The van der Waals surface area contributed by atoms with Crippen LogP contribution in [0.4, 0.5) is 0 Å². The average molecular weight is 287 g/mol. The molecule has 0 radical (unpaired) electrons. The van der Waals surface area contributed by atoms with Gasteiger partial charge in [-0.1, -0.05) is 12.1 Å². The highest BCUT2D eigenvalue weighted by atomic mass is 16.5. The molecule has 1 fully saturated rings. The quantitative estimate of drug-likeness (QED) is 0.846. The van der Waals surface area contributed by atoms with E-state index in [2.05, 4.69) is 20.9 Å². The molecule has 1 saturated carbocycles. The van der Waals surface area contributed by atoms with Gasteiger partial charge in [-0.05, 0) is 37.8 Å². The van der Waals surface area contributed by atoms with Crippen LogP contribution in [0.3, 0.4) is 0 Å². The highest BCUT2D eigenvalue weighted by Gasteiger charge is 2.21. The van der Waals surface area contributed by atoms with Gasteiger partial charge in [-0.15, -0.1) is 0 Å². The third kappa shape index (κ3) is 3.61. The molecule has 1 N–H and O–H groups in total. The zero-order chi connectivity index (χ0) is 14.7. The minimum atomic E-state index is -0.0438. The third-order valence-corrected chi connectivity index (χ3v) is 3.79. The molecule has 1 aliphatic carbocycles. The second-order valence-corrected chi connectivity index (χ2v) is 5.61. The molecule has 0 atom stereocenters. The second-order valence-electron chi connectivity index (χ2n) is 5.61. The number of ether oxygens (including phenoxy) is 1. The number of nitrogens with one attached hydrogen (secondary N) is 1. The van der Waals surface area contributed by atoms with Crippen molar-refractivity contribution in [3.8, 4) is 0 Å². The number of aryl methyl sites for hydroxylation is 1. The zero-order valence-corrected chi connectivity index (χ0v) is 12.3. The van der Waals surface area contributed by atoms with E-state index in [1.165, 1.54) is 12.8 Å². The minimum Gasteiger partial charge on any atom is -0.371 e. The molecule has 1 aromatic heterocycles. The first-order chi connectivity index (χ1) is 10.2. The fourth-order valence-electron chi connectivity index (χ4n) is 2.44. The molecule has 1 aliphatic rings. The van der Waals surface area contributed by atoms with Crippen molar-refractivity contribution in [2.75, 3.05) is 19.8 Å². The molecule has 0 aliphatic heterocycles. The van der Waals surface area contributed by atoms with E-state index in [1.54, 1.807) is 0 Å². The topological polar surface area (TPSA) is 56.2 Å². The van der Waals surface area contributed by atoms with Gasteiger partial charge in [-0.2, -0.15) is 0 Å². The van der Waals surface area contributed by atoms with Crippen molar-refractivity contribution in [2.45, 2.75) is 26.3 Å². The molecule has 1 amide bonds. The van der Waals surface area contributed by atoms with Gasteiger partial charge in [0, 0.05) is 13.1 Å². The number of rotatable bonds is 7. The van der Waals surface area contributed by atoms with Crippen LogP contribution in [0, 0.1) is 12.8 Å². The summed E-state index contributed by atoms with van der Waals surface area (Å²) in [6.07, 6.45) is 2.49. The molecular formula is C16H21N3O2. The van der Waals surface area contributed by atoms with E-state index in [-0.39, 0.29) is 12.5 Å². The Morgan fingerprint density at radius 2 is 2.24 bits per heavy atom. The summed E-state index contributed by atoms with van der Waals surface area (Å²) in [5.41, 5.74) is 2.10.